The Hall–Kier alpha value is -3.56. The molecule has 0 saturated carbocycles. The first-order chi connectivity index (χ1) is 15.5. The van der Waals surface area contributed by atoms with Crippen molar-refractivity contribution in [3.63, 3.8) is 0 Å². The van der Waals surface area contributed by atoms with Crippen molar-refractivity contribution < 1.29 is 23.9 Å². The SMILES string of the molecule is COCCCN1C(=O)c2ccc(C(=O)Nc3nc(-c4ccccc4OC)cs3)cc2C1=O. The van der Waals surface area contributed by atoms with Gasteiger partial charge in [0.05, 0.1) is 23.9 Å². The Morgan fingerprint density at radius 1 is 1.06 bits per heavy atom. The van der Waals surface area contributed by atoms with Gasteiger partial charge in [-0.05, 0) is 36.8 Å². The molecular weight excluding hydrogens is 430 g/mol. The van der Waals surface area contributed by atoms with Crippen molar-refractivity contribution in [2.75, 3.05) is 32.7 Å². The van der Waals surface area contributed by atoms with Gasteiger partial charge in [0.2, 0.25) is 0 Å². The highest BCUT2D eigenvalue weighted by Gasteiger charge is 2.35. The van der Waals surface area contributed by atoms with Crippen LogP contribution >= 0.6 is 11.3 Å². The van der Waals surface area contributed by atoms with Gasteiger partial charge in [0.1, 0.15) is 5.75 Å². The number of benzene rings is 2. The number of imide groups is 1. The lowest BCUT2D eigenvalue weighted by Crippen LogP contribution is -2.31. The third-order valence-electron chi connectivity index (χ3n) is 5.07. The van der Waals surface area contributed by atoms with E-state index in [1.807, 2.05) is 29.6 Å². The Labute approximate surface area is 188 Å². The standard InChI is InChI=1S/C23H21N3O5S/c1-30-11-5-10-26-21(28)15-9-8-14(12-17(15)22(26)29)20(27)25-23-24-18(13-32-23)16-6-3-4-7-19(16)31-2/h3-4,6-9,12-13H,5,10-11H2,1-2H3,(H,24,25,27). The first-order valence-electron chi connectivity index (χ1n) is 9.93. The van der Waals surface area contributed by atoms with Crippen LogP contribution in [0, 0.1) is 0 Å². The summed E-state index contributed by atoms with van der Waals surface area (Å²) >= 11 is 1.28. The summed E-state index contributed by atoms with van der Waals surface area (Å²) in [5.41, 5.74) is 2.31. The lowest BCUT2D eigenvalue weighted by Gasteiger charge is -2.12. The molecule has 2 aromatic carbocycles. The molecule has 0 spiro atoms. The molecule has 0 bridgehead atoms. The van der Waals surface area contributed by atoms with Crippen LogP contribution in [0.15, 0.2) is 47.8 Å². The number of thiazole rings is 1. The van der Waals surface area contributed by atoms with E-state index in [0.717, 1.165) is 5.56 Å². The van der Waals surface area contributed by atoms with Gasteiger partial charge in [-0.25, -0.2) is 4.98 Å². The van der Waals surface area contributed by atoms with Crippen molar-refractivity contribution in [3.8, 4) is 17.0 Å². The molecule has 0 atom stereocenters. The van der Waals surface area contributed by atoms with Crippen LogP contribution in [0.4, 0.5) is 5.13 Å². The number of fused-ring (bicyclic) bond motifs is 1. The molecular formula is C23H21N3O5S. The van der Waals surface area contributed by atoms with Crippen molar-refractivity contribution in [2.24, 2.45) is 0 Å². The Balaban J connectivity index is 1.50. The highest BCUT2D eigenvalue weighted by Crippen LogP contribution is 2.32. The second-order valence-corrected chi connectivity index (χ2v) is 7.92. The fourth-order valence-corrected chi connectivity index (χ4v) is 4.19. The Morgan fingerprint density at radius 3 is 2.62 bits per heavy atom. The zero-order chi connectivity index (χ0) is 22.7. The molecule has 1 aliphatic heterocycles. The summed E-state index contributed by atoms with van der Waals surface area (Å²) in [5, 5.41) is 5.00. The maximum absolute atomic E-state index is 12.8. The number of rotatable bonds is 8. The average molecular weight is 452 g/mol. The normalized spacial score (nSPS) is 12.8. The highest BCUT2D eigenvalue weighted by atomic mass is 32.1. The molecule has 3 amide bonds. The summed E-state index contributed by atoms with van der Waals surface area (Å²) in [5.74, 6) is -0.475. The van der Waals surface area contributed by atoms with Gasteiger partial charge in [-0.15, -0.1) is 11.3 Å². The number of amides is 3. The third kappa shape index (κ3) is 4.12. The van der Waals surface area contributed by atoms with Crippen LogP contribution in [0.3, 0.4) is 0 Å². The minimum absolute atomic E-state index is 0.230. The molecule has 0 saturated heterocycles. The molecule has 8 nitrogen and oxygen atoms in total. The number of methoxy groups -OCH3 is 2. The van der Waals surface area contributed by atoms with Crippen molar-refractivity contribution in [3.05, 3.63) is 64.5 Å². The Morgan fingerprint density at radius 2 is 1.84 bits per heavy atom. The first kappa shape index (κ1) is 21.7. The highest BCUT2D eigenvalue weighted by molar-refractivity contribution is 7.14. The van der Waals surface area contributed by atoms with Gasteiger partial charge in [0, 0.05) is 36.8 Å². The van der Waals surface area contributed by atoms with Crippen molar-refractivity contribution in [1.29, 1.82) is 0 Å². The second kappa shape index (κ2) is 9.29. The van der Waals surface area contributed by atoms with Crippen LogP contribution in [0.25, 0.3) is 11.3 Å². The topological polar surface area (TPSA) is 97.8 Å². The fraction of sp³-hybridized carbons (Fsp3) is 0.217. The number of carbonyl (C=O) groups excluding carboxylic acids is 3. The minimum Gasteiger partial charge on any atom is -0.496 e. The van der Waals surface area contributed by atoms with E-state index < -0.39 is 11.8 Å². The van der Waals surface area contributed by atoms with Gasteiger partial charge in [-0.2, -0.15) is 0 Å². The second-order valence-electron chi connectivity index (χ2n) is 7.06. The lowest BCUT2D eigenvalue weighted by molar-refractivity contribution is 0.0638. The summed E-state index contributed by atoms with van der Waals surface area (Å²) < 4.78 is 10.4. The molecule has 3 aromatic rings. The van der Waals surface area contributed by atoms with Gasteiger partial charge in [-0.1, -0.05) is 12.1 Å². The number of nitrogens with zero attached hydrogens (tertiary/aromatic N) is 2. The van der Waals surface area contributed by atoms with E-state index in [-0.39, 0.29) is 23.6 Å². The van der Waals surface area contributed by atoms with E-state index in [9.17, 15) is 14.4 Å². The number of anilines is 1. The molecule has 1 aliphatic rings. The number of aromatic nitrogens is 1. The van der Waals surface area contributed by atoms with Crippen LogP contribution in [-0.2, 0) is 4.74 Å². The molecule has 0 aliphatic carbocycles. The maximum atomic E-state index is 12.8. The fourth-order valence-electron chi connectivity index (χ4n) is 3.48. The van der Waals surface area contributed by atoms with E-state index in [4.69, 9.17) is 9.47 Å². The van der Waals surface area contributed by atoms with E-state index in [1.165, 1.54) is 34.4 Å². The van der Waals surface area contributed by atoms with E-state index in [2.05, 4.69) is 10.3 Å². The van der Waals surface area contributed by atoms with E-state index in [0.29, 0.717) is 35.2 Å². The van der Waals surface area contributed by atoms with E-state index in [1.54, 1.807) is 14.2 Å². The van der Waals surface area contributed by atoms with Gasteiger partial charge in [-0.3, -0.25) is 24.6 Å². The van der Waals surface area contributed by atoms with Crippen molar-refractivity contribution in [1.82, 2.24) is 9.88 Å². The van der Waals surface area contributed by atoms with Crippen LogP contribution in [0.5, 0.6) is 5.75 Å². The Bertz CT molecular complexity index is 1190. The molecule has 0 fully saturated rings. The van der Waals surface area contributed by atoms with Crippen LogP contribution < -0.4 is 10.1 Å². The number of para-hydroxylation sites is 1. The van der Waals surface area contributed by atoms with Gasteiger partial charge >= 0.3 is 0 Å². The predicted octanol–water partition coefficient (Wildman–Crippen LogP) is 3.70. The summed E-state index contributed by atoms with van der Waals surface area (Å²) in [6.45, 7) is 0.721. The quantitative estimate of drug-likeness (QED) is 0.414. The largest absolute Gasteiger partial charge is 0.496 e. The lowest BCUT2D eigenvalue weighted by atomic mass is 10.1. The third-order valence-corrected chi connectivity index (χ3v) is 5.83. The maximum Gasteiger partial charge on any atom is 0.261 e. The minimum atomic E-state index is -0.410. The van der Waals surface area contributed by atoms with Gasteiger partial charge in [0.25, 0.3) is 17.7 Å². The van der Waals surface area contributed by atoms with Crippen LogP contribution in [-0.4, -0.2) is 55.0 Å². The van der Waals surface area contributed by atoms with Gasteiger partial charge in [0.15, 0.2) is 5.13 Å². The summed E-state index contributed by atoms with van der Waals surface area (Å²) in [7, 11) is 3.15. The number of hydrogen-bond donors (Lipinski definition) is 1. The number of ether oxygens (including phenoxy) is 2. The predicted molar refractivity (Wildman–Crippen MR) is 120 cm³/mol. The molecule has 32 heavy (non-hydrogen) atoms. The molecule has 1 N–H and O–H groups in total. The summed E-state index contributed by atoms with van der Waals surface area (Å²) in [4.78, 5) is 43.6. The summed E-state index contributed by atoms with van der Waals surface area (Å²) in [6.07, 6.45) is 0.549. The van der Waals surface area contributed by atoms with E-state index >= 15 is 0 Å². The van der Waals surface area contributed by atoms with Crippen molar-refractivity contribution in [2.45, 2.75) is 6.42 Å². The molecule has 164 valence electrons. The number of hydrogen-bond acceptors (Lipinski definition) is 7. The molecule has 1 aromatic heterocycles. The summed E-state index contributed by atoms with van der Waals surface area (Å²) in [6, 6.07) is 12.0. The average Bonchev–Trinajstić information content (AvgIpc) is 3.37. The Kier molecular flexibility index (Phi) is 6.29. The molecule has 9 heteroatoms. The number of nitrogens with one attached hydrogen (secondary N) is 1. The van der Waals surface area contributed by atoms with Crippen LogP contribution in [0.1, 0.15) is 37.5 Å². The molecule has 0 unspecified atom stereocenters. The first-order valence-corrected chi connectivity index (χ1v) is 10.8. The van der Waals surface area contributed by atoms with Crippen molar-refractivity contribution >= 4 is 34.2 Å². The monoisotopic (exact) mass is 451 g/mol. The zero-order valence-electron chi connectivity index (χ0n) is 17.6. The van der Waals surface area contributed by atoms with Crippen LogP contribution in [0.2, 0.25) is 0 Å². The van der Waals surface area contributed by atoms with Gasteiger partial charge < -0.3 is 9.47 Å². The molecule has 2 heterocycles. The molecule has 4 rings (SSSR count). The number of carbonyl (C=O) groups is 3. The molecule has 0 radical (unpaired) electrons. The zero-order valence-corrected chi connectivity index (χ0v) is 18.4. The smallest absolute Gasteiger partial charge is 0.261 e.